The highest BCUT2D eigenvalue weighted by molar-refractivity contribution is 7.25. The Morgan fingerprint density at radius 1 is 0.386 bits per heavy atom. The summed E-state index contributed by atoms with van der Waals surface area (Å²) in [7, 11) is 0. The van der Waals surface area contributed by atoms with Gasteiger partial charge in [0.25, 0.3) is 0 Å². The Morgan fingerprint density at radius 2 is 1.00 bits per heavy atom. The summed E-state index contributed by atoms with van der Waals surface area (Å²) >= 11 is 1.86. The van der Waals surface area contributed by atoms with E-state index in [-0.39, 0.29) is 5.41 Å². The fourth-order valence-electron chi connectivity index (χ4n) is 9.40. The molecule has 1 aromatic heterocycles. The number of para-hydroxylation sites is 1. The Kier molecular flexibility index (Phi) is 7.77. The van der Waals surface area contributed by atoms with Gasteiger partial charge in [0.2, 0.25) is 0 Å². The quantitative estimate of drug-likeness (QED) is 0.164. The SMILES string of the molecule is CC1(C)c2ccccc2-c2cccc(-c3ccc(N(c4cccc(-c5cccc6ccccc56)c4)c4ccccc4-c4ccc5sc6ccccc6c5c4)cc3)c21. The van der Waals surface area contributed by atoms with Crippen molar-refractivity contribution in [2.75, 3.05) is 4.90 Å². The zero-order valence-corrected chi connectivity index (χ0v) is 32.7. The maximum atomic E-state index is 2.44. The van der Waals surface area contributed by atoms with Crippen LogP contribution < -0.4 is 4.90 Å². The van der Waals surface area contributed by atoms with E-state index in [1.807, 2.05) is 11.3 Å². The Morgan fingerprint density at radius 3 is 1.89 bits per heavy atom. The fourth-order valence-corrected chi connectivity index (χ4v) is 10.5. The van der Waals surface area contributed by atoms with Gasteiger partial charge in [-0.3, -0.25) is 0 Å². The molecule has 0 amide bonds. The third-order valence-electron chi connectivity index (χ3n) is 12.1. The number of fused-ring (bicyclic) bond motifs is 7. The van der Waals surface area contributed by atoms with Gasteiger partial charge in [0.1, 0.15) is 0 Å². The van der Waals surface area contributed by atoms with Crippen molar-refractivity contribution in [3.8, 4) is 44.5 Å². The first kappa shape index (κ1) is 33.6. The summed E-state index contributed by atoms with van der Waals surface area (Å²) in [6.07, 6.45) is 0. The third-order valence-corrected chi connectivity index (χ3v) is 13.2. The third kappa shape index (κ3) is 5.44. The molecule has 10 aromatic rings. The maximum Gasteiger partial charge on any atom is 0.0540 e. The molecule has 57 heavy (non-hydrogen) atoms. The summed E-state index contributed by atoms with van der Waals surface area (Å²) < 4.78 is 2.63. The zero-order chi connectivity index (χ0) is 38.1. The predicted molar refractivity (Wildman–Crippen MR) is 245 cm³/mol. The van der Waals surface area contributed by atoms with E-state index >= 15 is 0 Å². The van der Waals surface area contributed by atoms with Gasteiger partial charge in [0.05, 0.1) is 5.69 Å². The van der Waals surface area contributed by atoms with Crippen LogP contribution in [0.1, 0.15) is 25.0 Å². The molecule has 0 aliphatic heterocycles. The van der Waals surface area contributed by atoms with Gasteiger partial charge in [-0.05, 0) is 109 Å². The highest BCUT2D eigenvalue weighted by Crippen LogP contribution is 2.52. The van der Waals surface area contributed by atoms with E-state index < -0.39 is 0 Å². The standard InChI is InChI=1S/C55H39NS/c1-55(2)50-25-8-5-20-46(50)48-24-13-23-45(54(48)55)37-28-31-40(32-29-37)56(41-17-11-16-38(34-41)43-22-12-15-36-14-3-4-18-42(36)43)51-26-9-6-19-44(51)39-30-33-53-49(35-39)47-21-7-10-27-52(47)57-53/h3-35H,1-2H3. The average Bonchev–Trinajstić information content (AvgIpc) is 3.75. The van der Waals surface area contributed by atoms with E-state index in [0.29, 0.717) is 0 Å². The Hall–Kier alpha value is -6.74. The van der Waals surface area contributed by atoms with Crippen molar-refractivity contribution in [3.05, 3.63) is 211 Å². The van der Waals surface area contributed by atoms with E-state index in [9.17, 15) is 0 Å². The maximum absolute atomic E-state index is 2.44. The minimum absolute atomic E-state index is 0.0941. The molecule has 9 aromatic carbocycles. The van der Waals surface area contributed by atoms with Crippen LogP contribution in [-0.2, 0) is 5.41 Å². The van der Waals surface area contributed by atoms with Crippen LogP contribution in [0.2, 0.25) is 0 Å². The van der Waals surface area contributed by atoms with Crippen LogP contribution >= 0.6 is 11.3 Å². The molecule has 11 rings (SSSR count). The molecular formula is C55H39NS. The number of hydrogen-bond acceptors (Lipinski definition) is 2. The first-order valence-electron chi connectivity index (χ1n) is 19.8. The number of thiophene rings is 1. The Balaban J connectivity index is 1.08. The van der Waals surface area contributed by atoms with Gasteiger partial charge in [0, 0.05) is 42.5 Å². The fraction of sp³-hybridized carbons (Fsp3) is 0.0545. The van der Waals surface area contributed by atoms with Gasteiger partial charge in [0.15, 0.2) is 0 Å². The van der Waals surface area contributed by atoms with Crippen molar-refractivity contribution in [1.29, 1.82) is 0 Å². The van der Waals surface area contributed by atoms with Gasteiger partial charge in [-0.15, -0.1) is 11.3 Å². The molecule has 0 radical (unpaired) electrons. The molecule has 2 heteroatoms. The van der Waals surface area contributed by atoms with Gasteiger partial charge >= 0.3 is 0 Å². The second-order valence-electron chi connectivity index (χ2n) is 15.7. The van der Waals surface area contributed by atoms with E-state index in [1.54, 1.807) is 0 Å². The second-order valence-corrected chi connectivity index (χ2v) is 16.8. The van der Waals surface area contributed by atoms with Crippen LogP contribution in [0.25, 0.3) is 75.5 Å². The molecule has 1 aliphatic carbocycles. The zero-order valence-electron chi connectivity index (χ0n) is 31.9. The summed E-state index contributed by atoms with van der Waals surface area (Å²) in [5.41, 5.74) is 16.1. The van der Waals surface area contributed by atoms with E-state index in [1.165, 1.54) is 86.6 Å². The highest BCUT2D eigenvalue weighted by Gasteiger charge is 2.37. The van der Waals surface area contributed by atoms with Crippen LogP contribution in [0.15, 0.2) is 200 Å². The van der Waals surface area contributed by atoms with Crippen molar-refractivity contribution >= 4 is 59.3 Å². The number of nitrogens with zero attached hydrogens (tertiary/aromatic N) is 1. The van der Waals surface area contributed by atoms with Crippen LogP contribution in [-0.4, -0.2) is 0 Å². The molecule has 1 nitrogen and oxygen atoms in total. The summed E-state index contributed by atoms with van der Waals surface area (Å²) in [5, 5.41) is 5.11. The first-order chi connectivity index (χ1) is 28.0. The summed E-state index contributed by atoms with van der Waals surface area (Å²) in [6.45, 7) is 4.74. The molecule has 1 aliphatic rings. The lowest BCUT2D eigenvalue weighted by Gasteiger charge is -2.29. The molecule has 0 N–H and O–H groups in total. The number of benzene rings is 9. The minimum atomic E-state index is -0.0941. The molecule has 0 bridgehead atoms. The van der Waals surface area contributed by atoms with Gasteiger partial charge in [-0.25, -0.2) is 0 Å². The number of rotatable bonds is 6. The monoisotopic (exact) mass is 745 g/mol. The van der Waals surface area contributed by atoms with Gasteiger partial charge < -0.3 is 4.90 Å². The van der Waals surface area contributed by atoms with Crippen LogP contribution in [0.3, 0.4) is 0 Å². The Bertz CT molecular complexity index is 3160. The molecule has 0 unspecified atom stereocenters. The molecule has 0 fully saturated rings. The van der Waals surface area contributed by atoms with Crippen molar-refractivity contribution in [3.63, 3.8) is 0 Å². The molecule has 0 atom stereocenters. The van der Waals surface area contributed by atoms with Gasteiger partial charge in [-0.2, -0.15) is 0 Å². The first-order valence-corrected chi connectivity index (χ1v) is 20.6. The van der Waals surface area contributed by atoms with Crippen molar-refractivity contribution in [2.24, 2.45) is 0 Å². The lowest BCUT2D eigenvalue weighted by Crippen LogP contribution is -2.16. The van der Waals surface area contributed by atoms with E-state index in [4.69, 9.17) is 0 Å². The number of anilines is 3. The van der Waals surface area contributed by atoms with E-state index in [2.05, 4.69) is 219 Å². The van der Waals surface area contributed by atoms with Crippen molar-refractivity contribution in [1.82, 2.24) is 0 Å². The van der Waals surface area contributed by atoms with Crippen LogP contribution in [0.4, 0.5) is 17.1 Å². The van der Waals surface area contributed by atoms with Crippen LogP contribution in [0.5, 0.6) is 0 Å². The lowest BCUT2D eigenvalue weighted by atomic mass is 9.79. The summed E-state index contributed by atoms with van der Waals surface area (Å²) in [6, 6.07) is 73.9. The molecule has 0 spiro atoms. The predicted octanol–water partition coefficient (Wildman–Crippen LogP) is 16.0. The topological polar surface area (TPSA) is 3.24 Å². The smallest absolute Gasteiger partial charge is 0.0540 e. The summed E-state index contributed by atoms with van der Waals surface area (Å²) in [5.74, 6) is 0. The van der Waals surface area contributed by atoms with Crippen molar-refractivity contribution in [2.45, 2.75) is 19.3 Å². The van der Waals surface area contributed by atoms with E-state index in [0.717, 1.165) is 17.1 Å². The Labute approximate surface area is 337 Å². The number of hydrogen-bond donors (Lipinski definition) is 0. The minimum Gasteiger partial charge on any atom is -0.310 e. The molecular weight excluding hydrogens is 707 g/mol. The normalized spacial score (nSPS) is 12.9. The average molecular weight is 746 g/mol. The van der Waals surface area contributed by atoms with Gasteiger partial charge in [-0.1, -0.05) is 166 Å². The lowest BCUT2D eigenvalue weighted by molar-refractivity contribution is 0.662. The van der Waals surface area contributed by atoms with Crippen molar-refractivity contribution < 1.29 is 0 Å². The molecule has 1 heterocycles. The molecule has 0 saturated heterocycles. The molecule has 270 valence electrons. The second kappa shape index (κ2) is 13.2. The largest absolute Gasteiger partial charge is 0.310 e. The summed E-state index contributed by atoms with van der Waals surface area (Å²) in [4.78, 5) is 2.44. The van der Waals surface area contributed by atoms with Crippen LogP contribution in [0, 0.1) is 0 Å². The highest BCUT2D eigenvalue weighted by atomic mass is 32.1. The molecule has 0 saturated carbocycles.